The average molecular weight is 169 g/mol. The highest BCUT2D eigenvalue weighted by Crippen LogP contribution is 2.12. The van der Waals surface area contributed by atoms with E-state index in [1.165, 1.54) is 12.8 Å². The number of guanidine groups is 1. The lowest BCUT2D eigenvalue weighted by atomic mass is 10.1. The van der Waals surface area contributed by atoms with Crippen molar-refractivity contribution in [3.05, 3.63) is 0 Å². The third-order valence-electron chi connectivity index (χ3n) is 2.47. The molecule has 1 heterocycles. The van der Waals surface area contributed by atoms with E-state index in [9.17, 15) is 0 Å². The highest BCUT2D eigenvalue weighted by Gasteiger charge is 2.22. The van der Waals surface area contributed by atoms with Crippen LogP contribution in [-0.4, -0.2) is 30.0 Å². The second-order valence-corrected chi connectivity index (χ2v) is 3.32. The zero-order valence-corrected chi connectivity index (χ0v) is 8.06. The lowest BCUT2D eigenvalue weighted by Crippen LogP contribution is -2.38. The van der Waals surface area contributed by atoms with Crippen molar-refractivity contribution in [2.24, 2.45) is 0 Å². The fraction of sp³-hybridized carbons (Fsp3) is 0.889. The minimum Gasteiger partial charge on any atom is -0.355 e. The molecule has 0 aromatic carbocycles. The Morgan fingerprint density at radius 1 is 1.58 bits per heavy atom. The normalized spacial score (nSPS) is 19.5. The minimum atomic E-state index is 0.581. The second kappa shape index (κ2) is 4.33. The predicted molar refractivity (Wildman–Crippen MR) is 51.4 cm³/mol. The standard InChI is InChI=1S/C9H19N3/c1-3-5-8(4-2)12-7-6-11-9(12)10/h8H,3-7H2,1-2H3,(H2,10,11). The van der Waals surface area contributed by atoms with Gasteiger partial charge in [0.2, 0.25) is 0 Å². The van der Waals surface area contributed by atoms with Crippen molar-refractivity contribution in [3.63, 3.8) is 0 Å². The first kappa shape index (κ1) is 9.36. The van der Waals surface area contributed by atoms with E-state index in [1.54, 1.807) is 0 Å². The zero-order valence-electron chi connectivity index (χ0n) is 8.06. The highest BCUT2D eigenvalue weighted by molar-refractivity contribution is 5.78. The summed E-state index contributed by atoms with van der Waals surface area (Å²) in [7, 11) is 0. The van der Waals surface area contributed by atoms with Crippen molar-refractivity contribution in [2.75, 3.05) is 13.1 Å². The van der Waals surface area contributed by atoms with Crippen molar-refractivity contribution in [2.45, 2.75) is 39.2 Å². The molecular weight excluding hydrogens is 150 g/mol. The quantitative estimate of drug-likeness (QED) is 0.668. The molecule has 0 aromatic rings. The van der Waals surface area contributed by atoms with E-state index in [-0.39, 0.29) is 0 Å². The third-order valence-corrected chi connectivity index (χ3v) is 2.47. The van der Waals surface area contributed by atoms with Crippen LogP contribution in [0.2, 0.25) is 0 Å². The summed E-state index contributed by atoms with van der Waals surface area (Å²) in [5.41, 5.74) is 0. The number of hydrogen-bond acceptors (Lipinski definition) is 1. The molecule has 1 saturated heterocycles. The molecule has 1 unspecified atom stereocenters. The molecule has 0 bridgehead atoms. The fourth-order valence-corrected chi connectivity index (χ4v) is 1.79. The van der Waals surface area contributed by atoms with Crippen LogP contribution in [0.25, 0.3) is 0 Å². The smallest absolute Gasteiger partial charge is 0.191 e. The molecule has 3 nitrogen and oxygen atoms in total. The fourth-order valence-electron chi connectivity index (χ4n) is 1.79. The van der Waals surface area contributed by atoms with Crippen molar-refractivity contribution in [1.82, 2.24) is 10.2 Å². The number of nitrogens with zero attached hydrogens (tertiary/aromatic N) is 1. The summed E-state index contributed by atoms with van der Waals surface area (Å²) < 4.78 is 0. The summed E-state index contributed by atoms with van der Waals surface area (Å²) in [6.07, 6.45) is 3.57. The molecule has 0 aliphatic carbocycles. The van der Waals surface area contributed by atoms with Crippen LogP contribution in [0.4, 0.5) is 0 Å². The second-order valence-electron chi connectivity index (χ2n) is 3.32. The van der Waals surface area contributed by atoms with Crippen LogP contribution in [0, 0.1) is 5.41 Å². The summed E-state index contributed by atoms with van der Waals surface area (Å²) in [5.74, 6) is 0.621. The van der Waals surface area contributed by atoms with Crippen LogP contribution in [0.5, 0.6) is 0 Å². The van der Waals surface area contributed by atoms with Gasteiger partial charge in [0.15, 0.2) is 5.96 Å². The molecule has 0 saturated carbocycles. The molecule has 0 aromatic heterocycles. The Hall–Kier alpha value is -0.730. The lowest BCUT2D eigenvalue weighted by Gasteiger charge is -2.26. The Morgan fingerprint density at radius 2 is 2.33 bits per heavy atom. The highest BCUT2D eigenvalue weighted by atomic mass is 15.3. The molecule has 1 rings (SSSR count). The van der Waals surface area contributed by atoms with E-state index >= 15 is 0 Å². The van der Waals surface area contributed by atoms with Gasteiger partial charge in [0.25, 0.3) is 0 Å². The topological polar surface area (TPSA) is 39.1 Å². The molecule has 0 radical (unpaired) electrons. The Labute approximate surface area is 74.6 Å². The van der Waals surface area contributed by atoms with E-state index in [1.807, 2.05) is 0 Å². The van der Waals surface area contributed by atoms with Gasteiger partial charge in [-0.3, -0.25) is 5.41 Å². The van der Waals surface area contributed by atoms with Crippen LogP contribution < -0.4 is 5.32 Å². The minimum absolute atomic E-state index is 0.581. The maximum Gasteiger partial charge on any atom is 0.191 e. The first-order chi connectivity index (χ1) is 5.79. The van der Waals surface area contributed by atoms with Crippen molar-refractivity contribution in [1.29, 1.82) is 5.41 Å². The van der Waals surface area contributed by atoms with E-state index in [2.05, 4.69) is 24.1 Å². The first-order valence-corrected chi connectivity index (χ1v) is 4.88. The molecule has 0 spiro atoms. The largest absolute Gasteiger partial charge is 0.355 e. The number of hydrogen-bond donors (Lipinski definition) is 2. The molecule has 12 heavy (non-hydrogen) atoms. The van der Waals surface area contributed by atoms with E-state index < -0.39 is 0 Å². The predicted octanol–water partition coefficient (Wildman–Crippen LogP) is 1.41. The van der Waals surface area contributed by atoms with E-state index in [0.717, 1.165) is 19.5 Å². The van der Waals surface area contributed by atoms with Gasteiger partial charge >= 0.3 is 0 Å². The third kappa shape index (κ3) is 1.90. The van der Waals surface area contributed by atoms with E-state index in [4.69, 9.17) is 5.41 Å². The van der Waals surface area contributed by atoms with Crippen LogP contribution in [0.3, 0.4) is 0 Å². The molecule has 0 amide bonds. The van der Waals surface area contributed by atoms with Gasteiger partial charge in [-0.15, -0.1) is 0 Å². The molecular formula is C9H19N3. The van der Waals surface area contributed by atoms with Crippen molar-refractivity contribution < 1.29 is 0 Å². The lowest BCUT2D eigenvalue weighted by molar-refractivity contribution is 0.308. The SMILES string of the molecule is CCCC(CC)N1CCNC1=N. The van der Waals surface area contributed by atoms with Crippen LogP contribution in [0.1, 0.15) is 33.1 Å². The van der Waals surface area contributed by atoms with Gasteiger partial charge in [-0.1, -0.05) is 20.3 Å². The van der Waals surface area contributed by atoms with Crippen molar-refractivity contribution in [3.8, 4) is 0 Å². The Balaban J connectivity index is 2.46. The maximum absolute atomic E-state index is 7.63. The molecule has 1 fully saturated rings. The molecule has 70 valence electrons. The average Bonchev–Trinajstić information content (AvgIpc) is 2.47. The zero-order chi connectivity index (χ0) is 8.97. The summed E-state index contributed by atoms with van der Waals surface area (Å²) in [6.45, 7) is 6.36. The maximum atomic E-state index is 7.63. The van der Waals surface area contributed by atoms with Gasteiger partial charge < -0.3 is 10.2 Å². The van der Waals surface area contributed by atoms with Gasteiger partial charge in [0, 0.05) is 19.1 Å². The van der Waals surface area contributed by atoms with Gasteiger partial charge in [-0.05, 0) is 12.8 Å². The molecule has 2 N–H and O–H groups in total. The van der Waals surface area contributed by atoms with Gasteiger partial charge in [0.1, 0.15) is 0 Å². The van der Waals surface area contributed by atoms with Crippen LogP contribution in [0.15, 0.2) is 0 Å². The summed E-state index contributed by atoms with van der Waals surface area (Å²) in [4.78, 5) is 2.18. The van der Waals surface area contributed by atoms with Gasteiger partial charge in [-0.2, -0.15) is 0 Å². The van der Waals surface area contributed by atoms with Gasteiger partial charge in [-0.25, -0.2) is 0 Å². The monoisotopic (exact) mass is 169 g/mol. The molecule has 1 aliphatic heterocycles. The van der Waals surface area contributed by atoms with E-state index in [0.29, 0.717) is 12.0 Å². The Bertz CT molecular complexity index is 156. The molecule has 3 heteroatoms. The number of rotatable bonds is 4. The van der Waals surface area contributed by atoms with Crippen LogP contribution in [-0.2, 0) is 0 Å². The Kier molecular flexibility index (Phi) is 3.38. The summed E-state index contributed by atoms with van der Waals surface area (Å²) in [6, 6.07) is 0.581. The van der Waals surface area contributed by atoms with Gasteiger partial charge in [0.05, 0.1) is 0 Å². The van der Waals surface area contributed by atoms with Crippen molar-refractivity contribution >= 4 is 5.96 Å². The first-order valence-electron chi connectivity index (χ1n) is 4.88. The summed E-state index contributed by atoms with van der Waals surface area (Å²) in [5, 5.41) is 10.7. The van der Waals surface area contributed by atoms with Crippen LogP contribution >= 0.6 is 0 Å². The Morgan fingerprint density at radius 3 is 2.75 bits per heavy atom. The molecule has 1 atom stereocenters. The summed E-state index contributed by atoms with van der Waals surface area (Å²) >= 11 is 0. The number of nitrogens with one attached hydrogen (secondary N) is 2. The molecule has 1 aliphatic rings.